The van der Waals surface area contributed by atoms with Gasteiger partial charge in [-0.2, -0.15) is 0 Å². The van der Waals surface area contributed by atoms with Crippen LogP contribution in [0, 0.1) is 5.92 Å². The van der Waals surface area contributed by atoms with Crippen LogP contribution in [0.5, 0.6) is 0 Å². The Morgan fingerprint density at radius 1 is 1.00 bits per heavy atom. The first-order chi connectivity index (χ1) is 12.8. The number of cyclic esters (lactones) is 1. The summed E-state index contributed by atoms with van der Waals surface area (Å²) in [7, 11) is -2.57. The highest BCUT2D eigenvalue weighted by molar-refractivity contribution is 6.99. The van der Waals surface area contributed by atoms with Gasteiger partial charge in [0.2, 0.25) is 0 Å². The highest BCUT2D eigenvalue weighted by Crippen LogP contribution is 2.37. The molecule has 27 heavy (non-hydrogen) atoms. The number of esters is 1. The normalized spacial score (nSPS) is 21.0. The van der Waals surface area contributed by atoms with Gasteiger partial charge in [0.25, 0.3) is 8.32 Å². The fraction of sp³-hybridized carbons (Fsp3) is 0.435. The highest BCUT2D eigenvalue weighted by atomic mass is 28.4. The van der Waals surface area contributed by atoms with E-state index in [-0.39, 0.29) is 17.1 Å². The lowest BCUT2D eigenvalue weighted by molar-refractivity contribution is -0.158. The third-order valence-corrected chi connectivity index (χ3v) is 10.4. The Balaban J connectivity index is 2.00. The van der Waals surface area contributed by atoms with Crippen molar-refractivity contribution in [1.82, 2.24) is 0 Å². The number of carbonyl (C=O) groups excluding carboxylic acids is 1. The minimum absolute atomic E-state index is 0.0694. The molecular weight excluding hydrogens is 352 g/mol. The predicted molar refractivity (Wildman–Crippen MR) is 112 cm³/mol. The van der Waals surface area contributed by atoms with E-state index in [4.69, 9.17) is 9.16 Å². The average molecular weight is 383 g/mol. The van der Waals surface area contributed by atoms with E-state index >= 15 is 0 Å². The van der Waals surface area contributed by atoms with E-state index in [2.05, 4.69) is 76.2 Å². The van der Waals surface area contributed by atoms with Crippen molar-refractivity contribution in [3.8, 4) is 0 Å². The summed E-state index contributed by atoms with van der Waals surface area (Å²) in [6.07, 6.45) is 1.21. The van der Waals surface area contributed by atoms with Gasteiger partial charge in [-0.1, -0.05) is 88.4 Å². The molecule has 1 heterocycles. The fourth-order valence-corrected chi connectivity index (χ4v) is 8.77. The number of benzene rings is 2. The third kappa shape index (κ3) is 4.17. The molecule has 3 rings (SSSR count). The smallest absolute Gasteiger partial charge is 0.306 e. The Hall–Kier alpha value is -1.91. The molecule has 0 aliphatic carbocycles. The summed E-state index contributed by atoms with van der Waals surface area (Å²) in [5, 5.41) is 2.43. The zero-order chi connectivity index (χ0) is 19.5. The average Bonchev–Trinajstić information content (AvgIpc) is 2.62. The van der Waals surface area contributed by atoms with Gasteiger partial charge in [-0.25, -0.2) is 0 Å². The zero-order valence-electron chi connectivity index (χ0n) is 16.8. The van der Waals surface area contributed by atoms with Crippen LogP contribution in [-0.4, -0.2) is 27.0 Å². The molecule has 0 N–H and O–H groups in total. The Labute approximate surface area is 163 Å². The van der Waals surface area contributed by atoms with Gasteiger partial charge in [-0.3, -0.25) is 4.79 Å². The number of hydrogen-bond donors (Lipinski definition) is 0. The molecule has 0 amide bonds. The van der Waals surface area contributed by atoms with E-state index in [1.54, 1.807) is 0 Å². The van der Waals surface area contributed by atoms with Crippen LogP contribution >= 0.6 is 0 Å². The monoisotopic (exact) mass is 382 g/mol. The summed E-state index contributed by atoms with van der Waals surface area (Å²) in [5.41, 5.74) is 0. The predicted octanol–water partition coefficient (Wildman–Crippen LogP) is 3.90. The second-order valence-electron chi connectivity index (χ2n) is 8.63. The van der Waals surface area contributed by atoms with Crippen LogP contribution in [-0.2, 0) is 14.0 Å². The molecule has 0 unspecified atom stereocenters. The zero-order valence-corrected chi connectivity index (χ0v) is 17.8. The molecule has 144 valence electrons. The van der Waals surface area contributed by atoms with E-state index in [1.807, 2.05) is 12.1 Å². The molecule has 2 aromatic rings. The van der Waals surface area contributed by atoms with Crippen LogP contribution in [0.4, 0.5) is 0 Å². The molecule has 1 aliphatic rings. The summed E-state index contributed by atoms with van der Waals surface area (Å²) >= 11 is 0. The lowest BCUT2D eigenvalue weighted by atomic mass is 9.98. The maximum Gasteiger partial charge on any atom is 0.306 e. The minimum Gasteiger partial charge on any atom is -0.460 e. The summed E-state index contributed by atoms with van der Waals surface area (Å²) in [4.78, 5) is 11.9. The van der Waals surface area contributed by atoms with Crippen LogP contribution in [0.1, 0.15) is 40.5 Å². The molecule has 2 aromatic carbocycles. The van der Waals surface area contributed by atoms with Crippen molar-refractivity contribution >= 4 is 24.7 Å². The number of rotatable bonds is 5. The molecule has 0 aromatic heterocycles. The van der Waals surface area contributed by atoms with E-state index in [0.29, 0.717) is 18.9 Å². The standard InChI is InChI=1S/C23H30O3Si/c1-18-15-19(26-22(24)16-18)17-25-27(23(2,3)4,20-11-7-5-8-12-20)21-13-9-6-10-14-21/h5-14,18-19H,15-17H2,1-4H3/t18-,19-/m1/s1. The van der Waals surface area contributed by atoms with Gasteiger partial charge in [0.05, 0.1) is 6.61 Å². The SMILES string of the molecule is C[C@H]1CC(=O)O[C@@H](CO[Si](c2ccccc2)(c2ccccc2)C(C)(C)C)C1. The quantitative estimate of drug-likeness (QED) is 0.581. The number of carbonyl (C=O) groups is 1. The van der Waals surface area contributed by atoms with Crippen LogP contribution < -0.4 is 10.4 Å². The van der Waals surface area contributed by atoms with Crippen LogP contribution in [0.25, 0.3) is 0 Å². The van der Waals surface area contributed by atoms with E-state index in [0.717, 1.165) is 6.42 Å². The van der Waals surface area contributed by atoms with Crippen LogP contribution in [0.3, 0.4) is 0 Å². The highest BCUT2D eigenvalue weighted by Gasteiger charge is 2.50. The summed E-state index contributed by atoms with van der Waals surface area (Å²) in [6.45, 7) is 9.33. The van der Waals surface area contributed by atoms with Crippen LogP contribution in [0.2, 0.25) is 5.04 Å². The number of ether oxygens (including phenoxy) is 1. The lowest BCUT2D eigenvalue weighted by Crippen LogP contribution is -2.67. The van der Waals surface area contributed by atoms with Crippen molar-refractivity contribution in [2.75, 3.05) is 6.61 Å². The maximum atomic E-state index is 11.9. The van der Waals surface area contributed by atoms with Crippen molar-refractivity contribution in [1.29, 1.82) is 0 Å². The van der Waals surface area contributed by atoms with Crippen LogP contribution in [0.15, 0.2) is 60.7 Å². The second-order valence-corrected chi connectivity index (χ2v) is 12.9. The van der Waals surface area contributed by atoms with Gasteiger partial charge in [0.15, 0.2) is 0 Å². The van der Waals surface area contributed by atoms with Gasteiger partial charge in [-0.15, -0.1) is 0 Å². The summed E-state index contributed by atoms with van der Waals surface area (Å²) in [5.74, 6) is 0.240. The first-order valence-corrected chi connectivity index (χ1v) is 11.7. The Morgan fingerprint density at radius 2 is 1.52 bits per heavy atom. The largest absolute Gasteiger partial charge is 0.460 e. The molecule has 2 atom stereocenters. The van der Waals surface area contributed by atoms with Crippen molar-refractivity contribution in [3.63, 3.8) is 0 Å². The molecule has 3 nitrogen and oxygen atoms in total. The summed E-state index contributed by atoms with van der Waals surface area (Å²) in [6, 6.07) is 21.1. The second kappa shape index (κ2) is 7.99. The molecular formula is C23H30O3Si. The molecule has 1 aliphatic heterocycles. The van der Waals surface area contributed by atoms with Gasteiger partial charge in [0.1, 0.15) is 6.10 Å². The molecule has 0 bridgehead atoms. The fourth-order valence-electron chi connectivity index (χ4n) is 4.18. The van der Waals surface area contributed by atoms with Gasteiger partial charge < -0.3 is 9.16 Å². The Bertz CT molecular complexity index is 713. The third-order valence-electron chi connectivity index (χ3n) is 5.38. The first kappa shape index (κ1) is 19.8. The molecule has 0 saturated carbocycles. The molecule has 1 saturated heterocycles. The minimum atomic E-state index is -2.57. The van der Waals surface area contributed by atoms with Gasteiger partial charge >= 0.3 is 5.97 Å². The molecule has 0 radical (unpaired) electrons. The molecule has 4 heteroatoms. The van der Waals surface area contributed by atoms with Gasteiger partial charge in [-0.05, 0) is 27.8 Å². The van der Waals surface area contributed by atoms with E-state index < -0.39 is 8.32 Å². The van der Waals surface area contributed by atoms with Crippen molar-refractivity contribution in [3.05, 3.63) is 60.7 Å². The van der Waals surface area contributed by atoms with Crippen molar-refractivity contribution in [2.24, 2.45) is 5.92 Å². The van der Waals surface area contributed by atoms with E-state index in [1.165, 1.54) is 10.4 Å². The Kier molecular flexibility index (Phi) is 5.87. The topological polar surface area (TPSA) is 35.5 Å². The summed E-state index contributed by atoms with van der Waals surface area (Å²) < 4.78 is 12.5. The number of hydrogen-bond acceptors (Lipinski definition) is 3. The van der Waals surface area contributed by atoms with E-state index in [9.17, 15) is 4.79 Å². The first-order valence-electron chi connectivity index (χ1n) is 9.77. The van der Waals surface area contributed by atoms with Gasteiger partial charge in [0, 0.05) is 6.42 Å². The van der Waals surface area contributed by atoms with Crippen molar-refractivity contribution in [2.45, 2.75) is 51.7 Å². The lowest BCUT2D eigenvalue weighted by Gasteiger charge is -2.44. The van der Waals surface area contributed by atoms with Crippen molar-refractivity contribution < 1.29 is 14.0 Å². The molecule has 1 fully saturated rings. The Morgan fingerprint density at radius 3 is 1.96 bits per heavy atom. The molecule has 0 spiro atoms. The maximum absolute atomic E-state index is 11.9.